The molecule has 1 aromatic carbocycles. The summed E-state index contributed by atoms with van der Waals surface area (Å²) >= 11 is 0. The van der Waals surface area contributed by atoms with Crippen LogP contribution < -0.4 is 4.74 Å². The van der Waals surface area contributed by atoms with Crippen LogP contribution in [0, 0.1) is 11.8 Å². The summed E-state index contributed by atoms with van der Waals surface area (Å²) in [4.78, 5) is 0. The van der Waals surface area contributed by atoms with E-state index in [1.807, 2.05) is 44.2 Å². The van der Waals surface area contributed by atoms with E-state index in [-0.39, 0.29) is 17.7 Å². The third kappa shape index (κ3) is 4.03. The van der Waals surface area contributed by atoms with Crippen molar-refractivity contribution >= 4 is 5.57 Å². The lowest BCUT2D eigenvalue weighted by atomic mass is 9.79. The highest BCUT2D eigenvalue weighted by Crippen LogP contribution is 2.45. The fraction of sp³-hybridized carbons (Fsp3) is 0.500. The Kier molecular flexibility index (Phi) is 5.67. The van der Waals surface area contributed by atoms with E-state index in [2.05, 4.69) is 6.08 Å². The van der Waals surface area contributed by atoms with Gasteiger partial charge in [0.05, 0.1) is 37.4 Å². The molecule has 1 aliphatic heterocycles. The first-order chi connectivity index (χ1) is 15.8. The standard InChI is InChI=1S/C26H31FN2O4/c1-17-14-19(15-22(27)18(17)2)23-16-24(28-29(23)20-4-6-21(31-3)7-5-20)25(30)8-10-26(11-9-25)32-12-13-33-26/h4-7,14-18,30H,8-13H2,1-3H3/t17-,18?/m0/s1. The molecule has 33 heavy (non-hydrogen) atoms. The maximum atomic E-state index is 14.7. The number of hydrogen-bond donors (Lipinski definition) is 1. The van der Waals surface area contributed by atoms with E-state index in [0.29, 0.717) is 44.6 Å². The Labute approximate surface area is 193 Å². The predicted octanol–water partition coefficient (Wildman–Crippen LogP) is 4.91. The molecule has 7 heteroatoms. The molecule has 176 valence electrons. The summed E-state index contributed by atoms with van der Waals surface area (Å²) in [6.45, 7) is 5.10. The topological polar surface area (TPSA) is 65.7 Å². The molecule has 2 aliphatic carbocycles. The molecule has 1 saturated heterocycles. The summed E-state index contributed by atoms with van der Waals surface area (Å²) < 4.78 is 33.4. The predicted molar refractivity (Wildman–Crippen MR) is 123 cm³/mol. The highest BCUT2D eigenvalue weighted by atomic mass is 19.1. The van der Waals surface area contributed by atoms with Crippen LogP contribution in [-0.4, -0.2) is 41.0 Å². The Hall–Kier alpha value is -2.48. The minimum Gasteiger partial charge on any atom is -0.497 e. The average molecular weight is 455 g/mol. The highest BCUT2D eigenvalue weighted by Gasteiger charge is 2.47. The van der Waals surface area contributed by atoms with Crippen molar-refractivity contribution in [1.82, 2.24) is 9.78 Å². The molecule has 3 aliphatic rings. The number of benzene rings is 1. The van der Waals surface area contributed by atoms with Gasteiger partial charge in [0.15, 0.2) is 5.79 Å². The summed E-state index contributed by atoms with van der Waals surface area (Å²) in [6, 6.07) is 9.45. The number of halogens is 1. The molecule has 2 atom stereocenters. The van der Waals surface area contributed by atoms with E-state index in [9.17, 15) is 9.50 Å². The fourth-order valence-corrected chi connectivity index (χ4v) is 4.99. The van der Waals surface area contributed by atoms with Crippen molar-refractivity contribution in [2.75, 3.05) is 20.3 Å². The van der Waals surface area contributed by atoms with Crippen LogP contribution in [0.15, 0.2) is 48.3 Å². The Bertz CT molecular complexity index is 1070. The lowest BCUT2D eigenvalue weighted by Crippen LogP contribution is -2.42. The molecule has 5 rings (SSSR count). The number of aromatic nitrogens is 2. The number of hydrogen-bond acceptors (Lipinski definition) is 5. The summed E-state index contributed by atoms with van der Waals surface area (Å²) in [5.74, 6) is -0.0713. The van der Waals surface area contributed by atoms with Crippen LogP contribution in [-0.2, 0) is 15.1 Å². The lowest BCUT2D eigenvalue weighted by Gasteiger charge is -2.39. The van der Waals surface area contributed by atoms with E-state index in [1.54, 1.807) is 17.9 Å². The zero-order chi connectivity index (χ0) is 23.2. The molecule has 2 aromatic rings. The Balaban J connectivity index is 1.54. The molecule has 1 N–H and O–H groups in total. The van der Waals surface area contributed by atoms with Crippen LogP contribution in [0.3, 0.4) is 0 Å². The van der Waals surface area contributed by atoms with Gasteiger partial charge < -0.3 is 19.3 Å². The maximum absolute atomic E-state index is 14.7. The van der Waals surface area contributed by atoms with Gasteiger partial charge in [-0.15, -0.1) is 0 Å². The summed E-state index contributed by atoms with van der Waals surface area (Å²) in [6.07, 6.45) is 5.87. The van der Waals surface area contributed by atoms with Crippen LogP contribution in [0.4, 0.5) is 4.39 Å². The quantitative estimate of drug-likeness (QED) is 0.711. The molecular weight excluding hydrogens is 423 g/mol. The maximum Gasteiger partial charge on any atom is 0.168 e. The minimum atomic E-state index is -1.09. The van der Waals surface area contributed by atoms with Crippen molar-refractivity contribution in [3.05, 3.63) is 59.7 Å². The fourth-order valence-electron chi connectivity index (χ4n) is 4.99. The second-order valence-electron chi connectivity index (χ2n) is 9.46. The third-order valence-electron chi connectivity index (χ3n) is 7.41. The van der Waals surface area contributed by atoms with Gasteiger partial charge in [-0.2, -0.15) is 5.10 Å². The molecule has 0 bridgehead atoms. The van der Waals surface area contributed by atoms with E-state index < -0.39 is 11.4 Å². The largest absolute Gasteiger partial charge is 0.497 e. The molecular formula is C26H31FN2O4. The Morgan fingerprint density at radius 3 is 2.36 bits per heavy atom. The first kappa shape index (κ1) is 22.3. The normalized spacial score (nSPS) is 26.2. The summed E-state index contributed by atoms with van der Waals surface area (Å²) in [5, 5.41) is 16.4. The smallest absolute Gasteiger partial charge is 0.168 e. The van der Waals surface area contributed by atoms with E-state index in [4.69, 9.17) is 19.3 Å². The number of nitrogens with zero attached hydrogens (tertiary/aromatic N) is 2. The van der Waals surface area contributed by atoms with Gasteiger partial charge in [0.1, 0.15) is 17.2 Å². The van der Waals surface area contributed by atoms with Gasteiger partial charge in [-0.25, -0.2) is 9.07 Å². The minimum absolute atomic E-state index is 0.0574. The van der Waals surface area contributed by atoms with Crippen molar-refractivity contribution < 1.29 is 23.7 Å². The van der Waals surface area contributed by atoms with Crippen LogP contribution in [0.5, 0.6) is 5.75 Å². The van der Waals surface area contributed by atoms with Gasteiger partial charge >= 0.3 is 0 Å². The molecule has 6 nitrogen and oxygen atoms in total. The first-order valence-electron chi connectivity index (χ1n) is 11.7. The van der Waals surface area contributed by atoms with Crippen LogP contribution in [0.2, 0.25) is 0 Å². The first-order valence-corrected chi connectivity index (χ1v) is 11.7. The molecule has 0 amide bonds. The molecule has 1 aromatic heterocycles. The van der Waals surface area contributed by atoms with Crippen LogP contribution >= 0.6 is 0 Å². The number of allylic oxidation sites excluding steroid dienone is 4. The van der Waals surface area contributed by atoms with Crippen molar-refractivity contribution in [3.8, 4) is 11.4 Å². The van der Waals surface area contributed by atoms with E-state index >= 15 is 0 Å². The van der Waals surface area contributed by atoms with Crippen molar-refractivity contribution in [2.45, 2.75) is 50.9 Å². The highest BCUT2D eigenvalue weighted by molar-refractivity contribution is 5.75. The van der Waals surface area contributed by atoms with E-state index in [0.717, 1.165) is 22.7 Å². The molecule has 2 heterocycles. The second-order valence-corrected chi connectivity index (χ2v) is 9.46. The van der Waals surface area contributed by atoms with Gasteiger partial charge in [0.2, 0.25) is 0 Å². The number of rotatable bonds is 4. The zero-order valence-corrected chi connectivity index (χ0v) is 19.4. The SMILES string of the molecule is COc1ccc(-n2nc(C3(O)CCC4(CC3)OCCO4)cc2C2=C[C@H](C)C(C)C(F)=C2)cc1. The second kappa shape index (κ2) is 8.38. The Morgan fingerprint density at radius 1 is 1.09 bits per heavy atom. The molecule has 1 saturated carbocycles. The van der Waals surface area contributed by atoms with E-state index in [1.165, 1.54) is 0 Å². The van der Waals surface area contributed by atoms with Gasteiger partial charge in [0.25, 0.3) is 0 Å². The number of methoxy groups -OCH3 is 1. The monoisotopic (exact) mass is 454 g/mol. The zero-order valence-electron chi connectivity index (χ0n) is 19.4. The molecule has 0 radical (unpaired) electrons. The van der Waals surface area contributed by atoms with Crippen molar-refractivity contribution in [2.24, 2.45) is 11.8 Å². The van der Waals surface area contributed by atoms with Gasteiger partial charge in [-0.1, -0.05) is 19.9 Å². The average Bonchev–Trinajstić information content (AvgIpc) is 3.48. The summed E-state index contributed by atoms with van der Waals surface area (Å²) in [7, 11) is 1.62. The van der Waals surface area contributed by atoms with Gasteiger partial charge in [0, 0.05) is 18.8 Å². The summed E-state index contributed by atoms with van der Waals surface area (Å²) in [5.41, 5.74) is 1.83. The van der Waals surface area contributed by atoms with Crippen LogP contribution in [0.1, 0.15) is 50.9 Å². The molecule has 1 unspecified atom stereocenters. The molecule has 2 fully saturated rings. The lowest BCUT2D eigenvalue weighted by molar-refractivity contribution is -0.204. The molecule has 1 spiro atoms. The van der Waals surface area contributed by atoms with Gasteiger partial charge in [-0.3, -0.25) is 0 Å². The van der Waals surface area contributed by atoms with Gasteiger partial charge in [-0.05, 0) is 60.7 Å². The number of aliphatic hydroxyl groups is 1. The van der Waals surface area contributed by atoms with Crippen LogP contribution in [0.25, 0.3) is 11.3 Å². The third-order valence-corrected chi connectivity index (χ3v) is 7.41. The van der Waals surface area contributed by atoms with Crippen molar-refractivity contribution in [1.29, 1.82) is 0 Å². The number of ether oxygens (including phenoxy) is 3. The Morgan fingerprint density at radius 2 is 1.76 bits per heavy atom. The van der Waals surface area contributed by atoms with Crippen molar-refractivity contribution in [3.63, 3.8) is 0 Å².